The van der Waals surface area contributed by atoms with Gasteiger partial charge in [0.25, 0.3) is 0 Å². The quantitative estimate of drug-likeness (QED) is 0.204. The third kappa shape index (κ3) is 10.0. The van der Waals surface area contributed by atoms with E-state index in [-0.39, 0.29) is 17.9 Å². The van der Waals surface area contributed by atoms with Crippen LogP contribution in [0.1, 0.15) is 82.1 Å². The predicted molar refractivity (Wildman–Crippen MR) is 198 cm³/mol. The SMILES string of the molecule is CCCc1cc(Cl)ccc1C1COc2ccc(C(C)O)cc2N(CC2CCC2C(/C=C/CCN(C)C(C)=O)OCCN2CCOCC2C)C1. The fourth-order valence-corrected chi connectivity index (χ4v) is 7.70. The number of aliphatic hydroxyl groups is 1. The average Bonchev–Trinajstić information content (AvgIpc) is 3.24. The zero-order valence-corrected chi connectivity index (χ0v) is 31.0. The van der Waals surface area contributed by atoms with Crippen molar-refractivity contribution in [3.05, 3.63) is 70.3 Å². The zero-order valence-electron chi connectivity index (χ0n) is 30.3. The number of hydrogen-bond acceptors (Lipinski definition) is 7. The number of ether oxygens (including phenoxy) is 3. The van der Waals surface area contributed by atoms with Gasteiger partial charge in [0.05, 0.1) is 44.3 Å². The summed E-state index contributed by atoms with van der Waals surface area (Å²) in [6.07, 6.45) is 8.99. The van der Waals surface area contributed by atoms with Gasteiger partial charge in [-0.05, 0) is 92.3 Å². The van der Waals surface area contributed by atoms with E-state index in [9.17, 15) is 9.90 Å². The number of aliphatic hydroxyl groups excluding tert-OH is 1. The van der Waals surface area contributed by atoms with Gasteiger partial charge >= 0.3 is 0 Å². The number of halogens is 1. The average molecular weight is 696 g/mol. The van der Waals surface area contributed by atoms with E-state index in [4.69, 9.17) is 25.8 Å². The second kappa shape index (κ2) is 18.0. The second-order valence-corrected chi connectivity index (χ2v) is 14.8. The molecule has 1 saturated carbocycles. The van der Waals surface area contributed by atoms with Crippen LogP contribution in [0.5, 0.6) is 5.75 Å². The topological polar surface area (TPSA) is 74.7 Å². The molecule has 5 rings (SSSR count). The molecule has 2 fully saturated rings. The number of carbonyl (C=O) groups excluding carboxylic acids is 1. The summed E-state index contributed by atoms with van der Waals surface area (Å²) >= 11 is 6.47. The van der Waals surface area contributed by atoms with Gasteiger partial charge in [0.1, 0.15) is 5.75 Å². The van der Waals surface area contributed by atoms with Crippen molar-refractivity contribution in [2.24, 2.45) is 11.8 Å². The summed E-state index contributed by atoms with van der Waals surface area (Å²) in [5.41, 5.74) is 4.55. The number of aryl methyl sites for hydroxylation is 1. The van der Waals surface area contributed by atoms with E-state index in [1.165, 1.54) is 11.1 Å². The summed E-state index contributed by atoms with van der Waals surface area (Å²) in [7, 11) is 1.85. The fourth-order valence-electron chi connectivity index (χ4n) is 7.50. The molecule has 1 N–H and O–H groups in total. The van der Waals surface area contributed by atoms with E-state index in [2.05, 4.69) is 54.0 Å². The monoisotopic (exact) mass is 695 g/mol. The Morgan fingerprint density at radius 2 is 2.04 bits per heavy atom. The van der Waals surface area contributed by atoms with Gasteiger partial charge in [-0.2, -0.15) is 0 Å². The second-order valence-electron chi connectivity index (χ2n) is 14.4. The maximum absolute atomic E-state index is 11.8. The Morgan fingerprint density at radius 3 is 2.76 bits per heavy atom. The fraction of sp³-hybridized carbons (Fsp3) is 0.625. The standard InChI is InChI=1S/C40H58ClN3O5/c1-6-9-32-22-35(41)13-15-36(32)34-25-44(38-23-31(29(3)45)12-16-40(38)49-27-34)24-33-11-14-37(33)39(10-7-8-17-42(5)30(4)46)48-21-19-43-18-20-47-26-28(43)2/h7,10,12-13,15-16,22-23,28-29,33-34,37,39,45H,6,8-9,11,14,17-21,24-27H2,1-5H3/b10-7+. The van der Waals surface area contributed by atoms with Crippen molar-refractivity contribution in [2.45, 2.75) is 84.0 Å². The van der Waals surface area contributed by atoms with E-state index in [0.717, 1.165) is 93.5 Å². The summed E-state index contributed by atoms with van der Waals surface area (Å²) in [4.78, 5) is 18.5. The number of carbonyl (C=O) groups is 1. The van der Waals surface area contributed by atoms with Crippen LogP contribution in [0, 0.1) is 11.8 Å². The van der Waals surface area contributed by atoms with Crippen molar-refractivity contribution < 1.29 is 24.1 Å². The minimum atomic E-state index is -0.561. The highest BCUT2D eigenvalue weighted by Gasteiger charge is 2.39. The molecule has 3 aliphatic rings. The number of morpholine rings is 1. The lowest BCUT2D eigenvalue weighted by Gasteiger charge is -2.44. The first-order chi connectivity index (χ1) is 23.6. The predicted octanol–water partition coefficient (Wildman–Crippen LogP) is 6.89. The van der Waals surface area contributed by atoms with Crippen molar-refractivity contribution in [3.8, 4) is 5.75 Å². The molecule has 2 aromatic carbocycles. The van der Waals surface area contributed by atoms with Gasteiger partial charge in [0.15, 0.2) is 0 Å². The first-order valence-corrected chi connectivity index (χ1v) is 18.8. The molecule has 9 heteroatoms. The number of anilines is 1. The molecular formula is C40H58ClN3O5. The highest BCUT2D eigenvalue weighted by Crippen LogP contribution is 2.43. The normalized spacial score (nSPS) is 24.1. The molecule has 49 heavy (non-hydrogen) atoms. The van der Waals surface area contributed by atoms with Crippen LogP contribution >= 0.6 is 11.6 Å². The highest BCUT2D eigenvalue weighted by molar-refractivity contribution is 6.30. The van der Waals surface area contributed by atoms with Crippen LogP contribution in [0.4, 0.5) is 5.69 Å². The number of hydrogen-bond donors (Lipinski definition) is 1. The van der Waals surface area contributed by atoms with Crippen molar-refractivity contribution in [2.75, 3.05) is 71.1 Å². The van der Waals surface area contributed by atoms with E-state index < -0.39 is 6.10 Å². The van der Waals surface area contributed by atoms with Gasteiger partial charge in [-0.3, -0.25) is 9.69 Å². The molecule has 0 aromatic heterocycles. The first kappa shape index (κ1) is 37.6. The molecule has 0 radical (unpaired) electrons. The highest BCUT2D eigenvalue weighted by atomic mass is 35.5. The Hall–Kier alpha value is -2.62. The molecule has 0 bridgehead atoms. The Morgan fingerprint density at radius 1 is 1.20 bits per heavy atom. The third-order valence-electron chi connectivity index (χ3n) is 10.8. The summed E-state index contributed by atoms with van der Waals surface area (Å²) in [6, 6.07) is 12.8. The van der Waals surface area contributed by atoms with Gasteiger partial charge in [0.2, 0.25) is 5.91 Å². The van der Waals surface area contributed by atoms with Crippen molar-refractivity contribution >= 4 is 23.2 Å². The largest absolute Gasteiger partial charge is 0.491 e. The molecule has 1 amide bonds. The molecule has 270 valence electrons. The molecule has 1 saturated heterocycles. The number of nitrogens with zero attached hydrogens (tertiary/aromatic N) is 3. The Labute approximate surface area is 299 Å². The Kier molecular flexibility index (Phi) is 13.9. The first-order valence-electron chi connectivity index (χ1n) is 18.4. The van der Waals surface area contributed by atoms with Crippen molar-refractivity contribution in [1.29, 1.82) is 0 Å². The van der Waals surface area contributed by atoms with Gasteiger partial charge in [-0.25, -0.2) is 0 Å². The lowest BCUT2D eigenvalue weighted by Crippen LogP contribution is -2.47. The molecule has 0 spiro atoms. The van der Waals surface area contributed by atoms with Crippen LogP contribution in [-0.4, -0.2) is 99.2 Å². The van der Waals surface area contributed by atoms with E-state index >= 15 is 0 Å². The van der Waals surface area contributed by atoms with Crippen LogP contribution in [0.2, 0.25) is 5.02 Å². The number of rotatable bonds is 15. The Balaban J connectivity index is 1.36. The van der Waals surface area contributed by atoms with E-state index in [0.29, 0.717) is 37.6 Å². The number of amides is 1. The number of benzene rings is 2. The van der Waals surface area contributed by atoms with Gasteiger partial charge in [-0.15, -0.1) is 0 Å². The molecule has 6 unspecified atom stereocenters. The summed E-state index contributed by atoms with van der Waals surface area (Å²) in [5, 5.41) is 11.3. The summed E-state index contributed by atoms with van der Waals surface area (Å²) in [5.74, 6) is 1.97. The molecule has 1 aliphatic carbocycles. The van der Waals surface area contributed by atoms with E-state index in [1.807, 2.05) is 32.2 Å². The van der Waals surface area contributed by atoms with Crippen LogP contribution in [0.3, 0.4) is 0 Å². The van der Waals surface area contributed by atoms with Crippen molar-refractivity contribution in [3.63, 3.8) is 0 Å². The molecular weight excluding hydrogens is 638 g/mol. The minimum absolute atomic E-state index is 0.00690. The number of fused-ring (bicyclic) bond motifs is 1. The van der Waals surface area contributed by atoms with E-state index in [1.54, 1.807) is 11.8 Å². The van der Waals surface area contributed by atoms with Gasteiger partial charge in [-0.1, -0.05) is 49.2 Å². The van der Waals surface area contributed by atoms with Crippen LogP contribution < -0.4 is 9.64 Å². The lowest BCUT2D eigenvalue weighted by atomic mass is 9.70. The lowest BCUT2D eigenvalue weighted by molar-refractivity contribution is -0.127. The van der Waals surface area contributed by atoms with Crippen molar-refractivity contribution in [1.82, 2.24) is 9.80 Å². The smallest absolute Gasteiger partial charge is 0.219 e. The van der Waals surface area contributed by atoms with Crippen LogP contribution in [-0.2, 0) is 20.7 Å². The summed E-state index contributed by atoms with van der Waals surface area (Å²) < 4.78 is 18.9. The molecule has 2 aromatic rings. The molecule has 6 atom stereocenters. The van der Waals surface area contributed by atoms with Crippen LogP contribution in [0.15, 0.2) is 48.6 Å². The van der Waals surface area contributed by atoms with Crippen LogP contribution in [0.25, 0.3) is 0 Å². The maximum Gasteiger partial charge on any atom is 0.219 e. The third-order valence-corrected chi connectivity index (χ3v) is 11.0. The molecule has 2 heterocycles. The van der Waals surface area contributed by atoms with Gasteiger partial charge in [0, 0.05) is 63.7 Å². The Bertz CT molecular complexity index is 1400. The minimum Gasteiger partial charge on any atom is -0.491 e. The summed E-state index contributed by atoms with van der Waals surface area (Å²) in [6.45, 7) is 14.9. The molecule has 2 aliphatic heterocycles. The maximum atomic E-state index is 11.8. The zero-order chi connectivity index (χ0) is 34.9. The molecule has 8 nitrogen and oxygen atoms in total. The van der Waals surface area contributed by atoms with Gasteiger partial charge < -0.3 is 29.1 Å².